The lowest BCUT2D eigenvalue weighted by Gasteiger charge is -2.22. The SMILES string of the molecule is O=C(O)C1(COc2ccc(Br)cc2)CCNC1. The first-order chi connectivity index (χ1) is 8.12. The fourth-order valence-corrected chi connectivity index (χ4v) is 2.13. The molecular weight excluding hydrogens is 286 g/mol. The Kier molecular flexibility index (Phi) is 3.69. The van der Waals surface area contributed by atoms with Crippen molar-refractivity contribution in [3.63, 3.8) is 0 Å². The lowest BCUT2D eigenvalue weighted by Crippen LogP contribution is -2.39. The van der Waals surface area contributed by atoms with E-state index in [-0.39, 0.29) is 6.61 Å². The molecule has 1 unspecified atom stereocenters. The number of nitrogens with one attached hydrogen (secondary N) is 1. The Morgan fingerprint density at radius 3 is 2.71 bits per heavy atom. The van der Waals surface area contributed by atoms with Crippen LogP contribution in [0.4, 0.5) is 0 Å². The average molecular weight is 300 g/mol. The van der Waals surface area contributed by atoms with E-state index in [1.54, 1.807) is 0 Å². The van der Waals surface area contributed by atoms with Crippen LogP contribution in [-0.4, -0.2) is 30.8 Å². The van der Waals surface area contributed by atoms with E-state index in [4.69, 9.17) is 4.74 Å². The number of hydrogen-bond acceptors (Lipinski definition) is 3. The minimum atomic E-state index is -0.792. The van der Waals surface area contributed by atoms with Gasteiger partial charge in [0, 0.05) is 11.0 Å². The summed E-state index contributed by atoms with van der Waals surface area (Å²) in [5, 5.41) is 12.3. The Morgan fingerprint density at radius 1 is 1.47 bits per heavy atom. The number of carbonyl (C=O) groups is 1. The molecule has 1 aliphatic heterocycles. The van der Waals surface area contributed by atoms with E-state index in [9.17, 15) is 9.90 Å². The molecular formula is C12H14BrNO3. The van der Waals surface area contributed by atoms with Crippen LogP contribution in [0.3, 0.4) is 0 Å². The summed E-state index contributed by atoms with van der Waals surface area (Å²) in [6, 6.07) is 7.38. The molecule has 4 nitrogen and oxygen atoms in total. The molecule has 1 aliphatic rings. The van der Waals surface area contributed by atoms with Crippen LogP contribution >= 0.6 is 15.9 Å². The Labute approximate surface area is 108 Å². The van der Waals surface area contributed by atoms with Gasteiger partial charge in [-0.3, -0.25) is 4.79 Å². The first-order valence-corrected chi connectivity index (χ1v) is 6.24. The molecule has 2 N–H and O–H groups in total. The van der Waals surface area contributed by atoms with Gasteiger partial charge in [0.1, 0.15) is 17.8 Å². The smallest absolute Gasteiger partial charge is 0.314 e. The minimum Gasteiger partial charge on any atom is -0.492 e. The van der Waals surface area contributed by atoms with Crippen LogP contribution in [0.15, 0.2) is 28.7 Å². The third kappa shape index (κ3) is 2.79. The molecule has 0 saturated carbocycles. The summed E-state index contributed by atoms with van der Waals surface area (Å²) in [6.45, 7) is 1.41. The first-order valence-electron chi connectivity index (χ1n) is 5.45. The second-order valence-corrected chi connectivity index (χ2v) is 5.17. The van der Waals surface area contributed by atoms with Gasteiger partial charge in [-0.2, -0.15) is 0 Å². The normalized spacial score (nSPS) is 23.6. The van der Waals surface area contributed by atoms with Gasteiger partial charge in [-0.1, -0.05) is 15.9 Å². The number of hydrogen-bond donors (Lipinski definition) is 2. The molecule has 17 heavy (non-hydrogen) atoms. The van der Waals surface area contributed by atoms with Crippen LogP contribution in [0.5, 0.6) is 5.75 Å². The molecule has 1 atom stereocenters. The molecule has 2 rings (SSSR count). The van der Waals surface area contributed by atoms with Gasteiger partial charge in [0.15, 0.2) is 0 Å². The maximum Gasteiger partial charge on any atom is 0.314 e. The van der Waals surface area contributed by atoms with Gasteiger partial charge in [0.25, 0.3) is 0 Å². The molecule has 92 valence electrons. The molecule has 0 amide bonds. The summed E-state index contributed by atoms with van der Waals surface area (Å²) in [7, 11) is 0. The molecule has 1 heterocycles. The molecule has 0 aromatic heterocycles. The van der Waals surface area contributed by atoms with E-state index < -0.39 is 11.4 Å². The Balaban J connectivity index is 2.00. The average Bonchev–Trinajstić information content (AvgIpc) is 2.78. The van der Waals surface area contributed by atoms with Gasteiger partial charge in [-0.05, 0) is 37.2 Å². The number of ether oxygens (including phenoxy) is 1. The second-order valence-electron chi connectivity index (χ2n) is 4.25. The lowest BCUT2D eigenvalue weighted by atomic mass is 9.88. The Hall–Kier alpha value is -1.07. The summed E-state index contributed by atoms with van der Waals surface area (Å²) in [6.07, 6.45) is 0.610. The summed E-state index contributed by atoms with van der Waals surface area (Å²) in [4.78, 5) is 11.3. The van der Waals surface area contributed by atoms with Gasteiger partial charge in [-0.25, -0.2) is 0 Å². The van der Waals surface area contributed by atoms with Crippen LogP contribution in [0.25, 0.3) is 0 Å². The fourth-order valence-electron chi connectivity index (χ4n) is 1.86. The minimum absolute atomic E-state index is 0.205. The van der Waals surface area contributed by atoms with E-state index in [1.165, 1.54) is 0 Å². The molecule has 1 aromatic carbocycles. The van der Waals surface area contributed by atoms with Crippen molar-refractivity contribution in [1.82, 2.24) is 5.32 Å². The largest absolute Gasteiger partial charge is 0.492 e. The zero-order chi connectivity index (χ0) is 12.3. The number of carboxylic acid groups (broad SMARTS) is 1. The van der Waals surface area contributed by atoms with Crippen molar-refractivity contribution < 1.29 is 14.6 Å². The highest BCUT2D eigenvalue weighted by atomic mass is 79.9. The summed E-state index contributed by atoms with van der Waals surface area (Å²) >= 11 is 3.34. The van der Waals surface area contributed by atoms with Crippen molar-refractivity contribution in [2.75, 3.05) is 19.7 Å². The quantitative estimate of drug-likeness (QED) is 0.891. The van der Waals surface area contributed by atoms with Gasteiger partial charge in [0.05, 0.1) is 0 Å². The molecule has 0 spiro atoms. The number of carboxylic acids is 1. The van der Waals surface area contributed by atoms with Crippen molar-refractivity contribution in [3.05, 3.63) is 28.7 Å². The highest BCUT2D eigenvalue weighted by molar-refractivity contribution is 9.10. The predicted octanol–water partition coefficient (Wildman–Crippen LogP) is 1.89. The maximum atomic E-state index is 11.3. The standard InChI is InChI=1S/C12H14BrNO3/c13-9-1-3-10(4-2-9)17-8-12(11(15)16)5-6-14-7-12/h1-4,14H,5-8H2,(H,15,16). The van der Waals surface area contributed by atoms with Gasteiger partial charge in [0.2, 0.25) is 0 Å². The molecule has 1 fully saturated rings. The van der Waals surface area contributed by atoms with Crippen molar-refractivity contribution in [2.45, 2.75) is 6.42 Å². The van der Waals surface area contributed by atoms with E-state index >= 15 is 0 Å². The zero-order valence-corrected chi connectivity index (χ0v) is 10.9. The van der Waals surface area contributed by atoms with Gasteiger partial charge >= 0.3 is 5.97 Å². The maximum absolute atomic E-state index is 11.3. The Bertz CT molecular complexity index is 399. The van der Waals surface area contributed by atoms with E-state index in [0.717, 1.165) is 11.0 Å². The predicted molar refractivity (Wildman–Crippen MR) is 67.2 cm³/mol. The monoisotopic (exact) mass is 299 g/mol. The van der Waals surface area contributed by atoms with E-state index in [0.29, 0.717) is 18.7 Å². The first kappa shape index (κ1) is 12.4. The Morgan fingerprint density at radius 2 is 2.18 bits per heavy atom. The second kappa shape index (κ2) is 5.06. The van der Waals surface area contributed by atoms with Crippen molar-refractivity contribution >= 4 is 21.9 Å². The van der Waals surface area contributed by atoms with E-state index in [2.05, 4.69) is 21.2 Å². The highest BCUT2D eigenvalue weighted by Gasteiger charge is 2.42. The third-order valence-corrected chi connectivity index (χ3v) is 3.55. The summed E-state index contributed by atoms with van der Waals surface area (Å²) in [5.74, 6) is -0.0969. The molecule has 1 saturated heterocycles. The van der Waals surface area contributed by atoms with E-state index in [1.807, 2.05) is 24.3 Å². The number of aliphatic carboxylic acids is 1. The molecule has 0 aliphatic carbocycles. The van der Waals surface area contributed by atoms with Crippen molar-refractivity contribution in [3.8, 4) is 5.75 Å². The molecule has 0 radical (unpaired) electrons. The van der Waals surface area contributed by atoms with Gasteiger partial charge in [-0.15, -0.1) is 0 Å². The summed E-state index contributed by atoms with van der Waals surface area (Å²) in [5.41, 5.74) is -0.785. The lowest BCUT2D eigenvalue weighted by molar-refractivity contribution is -0.149. The van der Waals surface area contributed by atoms with Crippen LogP contribution in [0, 0.1) is 5.41 Å². The van der Waals surface area contributed by atoms with Crippen LogP contribution in [-0.2, 0) is 4.79 Å². The fraction of sp³-hybridized carbons (Fsp3) is 0.417. The van der Waals surface area contributed by atoms with Crippen LogP contribution < -0.4 is 10.1 Å². The molecule has 0 bridgehead atoms. The van der Waals surface area contributed by atoms with Crippen molar-refractivity contribution in [1.29, 1.82) is 0 Å². The van der Waals surface area contributed by atoms with Crippen molar-refractivity contribution in [2.24, 2.45) is 5.41 Å². The highest BCUT2D eigenvalue weighted by Crippen LogP contribution is 2.27. The molecule has 5 heteroatoms. The topological polar surface area (TPSA) is 58.6 Å². The number of benzene rings is 1. The number of rotatable bonds is 4. The van der Waals surface area contributed by atoms with Crippen LogP contribution in [0.2, 0.25) is 0 Å². The van der Waals surface area contributed by atoms with Crippen LogP contribution in [0.1, 0.15) is 6.42 Å². The zero-order valence-electron chi connectivity index (χ0n) is 9.28. The molecule has 1 aromatic rings. The summed E-state index contributed by atoms with van der Waals surface area (Å²) < 4.78 is 6.54. The number of halogens is 1. The third-order valence-electron chi connectivity index (χ3n) is 3.03. The van der Waals surface area contributed by atoms with Gasteiger partial charge < -0.3 is 15.2 Å².